The molecule has 4 heteroatoms. The molecule has 0 fully saturated rings. The van der Waals surface area contributed by atoms with Gasteiger partial charge in [0.05, 0.1) is 6.20 Å². The fourth-order valence-electron chi connectivity index (χ4n) is 1.99. The molecule has 0 saturated carbocycles. The number of rotatable bonds is 4. The molecule has 0 amide bonds. The number of nitrogens with zero attached hydrogens (tertiary/aromatic N) is 2. The lowest BCUT2D eigenvalue weighted by Crippen LogP contribution is -2.11. The van der Waals surface area contributed by atoms with Crippen molar-refractivity contribution in [1.29, 1.82) is 0 Å². The Labute approximate surface area is 106 Å². The van der Waals surface area contributed by atoms with Crippen LogP contribution in [0.15, 0.2) is 30.6 Å². The molecule has 0 aliphatic heterocycles. The highest BCUT2D eigenvalue weighted by molar-refractivity contribution is 5.26. The van der Waals surface area contributed by atoms with Crippen LogP contribution in [0.4, 0.5) is 4.39 Å². The summed E-state index contributed by atoms with van der Waals surface area (Å²) < 4.78 is 14.9. The Balaban J connectivity index is 1.99. The van der Waals surface area contributed by atoms with E-state index in [2.05, 4.69) is 5.10 Å². The molecule has 2 N–H and O–H groups in total. The van der Waals surface area contributed by atoms with Gasteiger partial charge in [-0.3, -0.25) is 4.68 Å². The normalized spacial score (nSPS) is 12.7. The number of aromatic nitrogens is 2. The van der Waals surface area contributed by atoms with Crippen molar-refractivity contribution in [2.75, 3.05) is 0 Å². The minimum atomic E-state index is -0.182. The van der Waals surface area contributed by atoms with E-state index in [1.807, 2.05) is 25.5 Å². The molecule has 1 heterocycles. The Kier molecular flexibility index (Phi) is 3.77. The number of hydrogen-bond donors (Lipinski definition) is 1. The summed E-state index contributed by atoms with van der Waals surface area (Å²) in [5.74, 6) is -0.182. The van der Waals surface area contributed by atoms with E-state index in [9.17, 15) is 4.39 Å². The van der Waals surface area contributed by atoms with Crippen molar-refractivity contribution in [3.8, 4) is 0 Å². The highest BCUT2D eigenvalue weighted by atomic mass is 19.1. The Hall–Kier alpha value is -1.68. The Bertz CT molecular complexity index is 534. The lowest BCUT2D eigenvalue weighted by atomic mass is 9.99. The third kappa shape index (κ3) is 2.96. The molecule has 2 aromatic rings. The van der Waals surface area contributed by atoms with Gasteiger partial charge in [-0.05, 0) is 42.5 Å². The van der Waals surface area contributed by atoms with Crippen molar-refractivity contribution < 1.29 is 4.39 Å². The third-order valence-corrected chi connectivity index (χ3v) is 3.11. The van der Waals surface area contributed by atoms with Gasteiger partial charge in [0.15, 0.2) is 0 Å². The number of halogens is 1. The summed E-state index contributed by atoms with van der Waals surface area (Å²) in [5.41, 5.74) is 8.92. The first kappa shape index (κ1) is 12.8. The first-order valence-electron chi connectivity index (χ1n) is 6.05. The lowest BCUT2D eigenvalue weighted by Gasteiger charge is -2.12. The van der Waals surface area contributed by atoms with E-state index in [4.69, 9.17) is 5.73 Å². The molecule has 0 saturated heterocycles. The maximum absolute atomic E-state index is 13.2. The summed E-state index contributed by atoms with van der Waals surface area (Å²) in [7, 11) is 1.90. The van der Waals surface area contributed by atoms with Gasteiger partial charge < -0.3 is 5.73 Å². The minimum absolute atomic E-state index is 0.0653. The second-order valence-corrected chi connectivity index (χ2v) is 4.68. The van der Waals surface area contributed by atoms with Gasteiger partial charge in [0.2, 0.25) is 0 Å². The number of hydrogen-bond acceptors (Lipinski definition) is 2. The lowest BCUT2D eigenvalue weighted by molar-refractivity contribution is 0.610. The molecule has 0 spiro atoms. The van der Waals surface area contributed by atoms with E-state index in [1.54, 1.807) is 17.7 Å². The molecular formula is C14H18FN3. The zero-order valence-corrected chi connectivity index (χ0v) is 10.7. The molecule has 0 aliphatic rings. The smallest absolute Gasteiger partial charge is 0.126 e. The van der Waals surface area contributed by atoms with Gasteiger partial charge >= 0.3 is 0 Å². The van der Waals surface area contributed by atoms with Crippen LogP contribution < -0.4 is 5.73 Å². The molecule has 0 bridgehead atoms. The summed E-state index contributed by atoms with van der Waals surface area (Å²) in [6, 6.07) is 5.00. The van der Waals surface area contributed by atoms with Crippen LogP contribution in [-0.4, -0.2) is 9.78 Å². The number of benzene rings is 1. The van der Waals surface area contributed by atoms with E-state index in [0.717, 1.165) is 18.4 Å². The second kappa shape index (κ2) is 5.31. The molecule has 18 heavy (non-hydrogen) atoms. The fourth-order valence-corrected chi connectivity index (χ4v) is 1.99. The van der Waals surface area contributed by atoms with Crippen molar-refractivity contribution in [1.82, 2.24) is 9.78 Å². The maximum Gasteiger partial charge on any atom is 0.126 e. The highest BCUT2D eigenvalue weighted by Gasteiger charge is 2.08. The predicted octanol–water partition coefficient (Wildman–Crippen LogP) is 2.50. The van der Waals surface area contributed by atoms with E-state index in [1.165, 1.54) is 11.6 Å². The second-order valence-electron chi connectivity index (χ2n) is 4.68. The summed E-state index contributed by atoms with van der Waals surface area (Å²) in [6.07, 6.45) is 5.55. The largest absolute Gasteiger partial charge is 0.324 e. The predicted molar refractivity (Wildman–Crippen MR) is 69.6 cm³/mol. The summed E-state index contributed by atoms with van der Waals surface area (Å²) in [4.78, 5) is 0. The molecule has 1 aromatic carbocycles. The Morgan fingerprint density at radius 1 is 1.44 bits per heavy atom. The fraction of sp³-hybridized carbons (Fsp3) is 0.357. The first-order chi connectivity index (χ1) is 8.56. The zero-order chi connectivity index (χ0) is 13.1. The van der Waals surface area contributed by atoms with E-state index in [0.29, 0.717) is 5.56 Å². The molecule has 0 aliphatic carbocycles. The average molecular weight is 247 g/mol. The average Bonchev–Trinajstić information content (AvgIpc) is 2.75. The zero-order valence-electron chi connectivity index (χ0n) is 10.7. The SMILES string of the molecule is Cc1cc(C(N)CCc2cnn(C)c2)ccc1F. The molecule has 3 nitrogen and oxygen atoms in total. The van der Waals surface area contributed by atoms with Crippen LogP contribution in [0.25, 0.3) is 0 Å². The molecular weight excluding hydrogens is 229 g/mol. The van der Waals surface area contributed by atoms with Crippen molar-refractivity contribution in [3.05, 3.63) is 53.1 Å². The standard InChI is InChI=1S/C14H18FN3/c1-10-7-12(4-5-13(10)15)14(16)6-3-11-8-17-18(2)9-11/h4-5,7-9,14H,3,6,16H2,1-2H3. The van der Waals surface area contributed by atoms with Crippen LogP contribution >= 0.6 is 0 Å². The highest BCUT2D eigenvalue weighted by Crippen LogP contribution is 2.19. The van der Waals surface area contributed by atoms with E-state index in [-0.39, 0.29) is 11.9 Å². The van der Waals surface area contributed by atoms with Gasteiger partial charge in [-0.25, -0.2) is 4.39 Å². The van der Waals surface area contributed by atoms with E-state index < -0.39 is 0 Å². The molecule has 1 atom stereocenters. The van der Waals surface area contributed by atoms with Gasteiger partial charge in [-0.15, -0.1) is 0 Å². The van der Waals surface area contributed by atoms with Crippen molar-refractivity contribution >= 4 is 0 Å². The van der Waals surface area contributed by atoms with E-state index >= 15 is 0 Å². The van der Waals surface area contributed by atoms with Gasteiger partial charge in [0, 0.05) is 19.3 Å². The van der Waals surface area contributed by atoms with Crippen LogP contribution in [0.5, 0.6) is 0 Å². The van der Waals surface area contributed by atoms with Crippen LogP contribution in [0, 0.1) is 12.7 Å². The topological polar surface area (TPSA) is 43.8 Å². The van der Waals surface area contributed by atoms with Crippen molar-refractivity contribution in [2.45, 2.75) is 25.8 Å². The Morgan fingerprint density at radius 2 is 2.22 bits per heavy atom. The first-order valence-corrected chi connectivity index (χ1v) is 6.05. The summed E-state index contributed by atoms with van der Waals surface area (Å²) >= 11 is 0. The molecule has 96 valence electrons. The Morgan fingerprint density at radius 3 is 2.83 bits per heavy atom. The van der Waals surface area contributed by atoms with Gasteiger partial charge in [-0.1, -0.05) is 12.1 Å². The minimum Gasteiger partial charge on any atom is -0.324 e. The number of aryl methyl sites for hydroxylation is 3. The van der Waals surface area contributed by atoms with Crippen molar-refractivity contribution in [3.63, 3.8) is 0 Å². The maximum atomic E-state index is 13.2. The molecule has 1 aromatic heterocycles. The summed E-state index contributed by atoms with van der Waals surface area (Å²) in [5, 5.41) is 4.12. The number of nitrogens with two attached hydrogens (primary N) is 1. The molecule has 2 rings (SSSR count). The van der Waals surface area contributed by atoms with Crippen LogP contribution in [0.3, 0.4) is 0 Å². The van der Waals surface area contributed by atoms with Crippen LogP contribution in [0.2, 0.25) is 0 Å². The molecule has 0 radical (unpaired) electrons. The van der Waals surface area contributed by atoms with Gasteiger partial charge in [0.1, 0.15) is 5.82 Å². The third-order valence-electron chi connectivity index (χ3n) is 3.11. The molecule has 1 unspecified atom stereocenters. The van der Waals surface area contributed by atoms with Gasteiger partial charge in [0.25, 0.3) is 0 Å². The summed E-state index contributed by atoms with van der Waals surface area (Å²) in [6.45, 7) is 1.76. The monoisotopic (exact) mass is 247 g/mol. The van der Waals surface area contributed by atoms with Crippen LogP contribution in [-0.2, 0) is 13.5 Å². The van der Waals surface area contributed by atoms with Crippen LogP contribution in [0.1, 0.15) is 29.2 Å². The quantitative estimate of drug-likeness (QED) is 0.902. The van der Waals surface area contributed by atoms with Crippen molar-refractivity contribution in [2.24, 2.45) is 12.8 Å². The van der Waals surface area contributed by atoms with Gasteiger partial charge in [-0.2, -0.15) is 5.10 Å².